The van der Waals surface area contributed by atoms with Crippen LogP contribution >= 0.6 is 0 Å². The first-order valence-corrected chi connectivity index (χ1v) is 8.22. The minimum absolute atomic E-state index is 0.0788. The van der Waals surface area contributed by atoms with Crippen LogP contribution in [0.5, 0.6) is 0 Å². The molecule has 0 aliphatic carbocycles. The van der Waals surface area contributed by atoms with Crippen LogP contribution in [0.25, 0.3) is 0 Å². The Kier molecular flexibility index (Phi) is 4.80. The van der Waals surface area contributed by atoms with Crippen LogP contribution in [0.4, 0.5) is 0 Å². The van der Waals surface area contributed by atoms with Crippen LogP contribution in [-0.4, -0.2) is 56.5 Å². The molecule has 0 saturated carbocycles. The van der Waals surface area contributed by atoms with Crippen molar-refractivity contribution in [2.75, 3.05) is 33.7 Å². The topological polar surface area (TPSA) is 60.9 Å². The predicted molar refractivity (Wildman–Crippen MR) is 77.8 cm³/mol. The molecule has 1 aromatic carbocycles. The summed E-state index contributed by atoms with van der Waals surface area (Å²) in [6.45, 7) is 2.45. The fourth-order valence-electron chi connectivity index (χ4n) is 2.58. The van der Waals surface area contributed by atoms with Gasteiger partial charge < -0.3 is 10.0 Å². The molecule has 5 nitrogen and oxygen atoms in total. The van der Waals surface area contributed by atoms with Gasteiger partial charge in [0.05, 0.1) is 11.5 Å². The quantitative estimate of drug-likeness (QED) is 0.871. The third-order valence-electron chi connectivity index (χ3n) is 3.82. The lowest BCUT2D eigenvalue weighted by molar-refractivity contribution is 0.281. The van der Waals surface area contributed by atoms with Gasteiger partial charge in [0.25, 0.3) is 0 Å². The molecule has 1 atom stereocenters. The maximum Gasteiger partial charge on any atom is 0.242 e. The Balaban J connectivity index is 2.08. The summed E-state index contributed by atoms with van der Waals surface area (Å²) in [7, 11) is 0.254. The Morgan fingerprint density at radius 2 is 2.00 bits per heavy atom. The third-order valence-corrected chi connectivity index (χ3v) is 5.66. The smallest absolute Gasteiger partial charge is 0.242 e. The van der Waals surface area contributed by atoms with Gasteiger partial charge in [-0.2, -0.15) is 0 Å². The Bertz CT molecular complexity index is 542. The summed E-state index contributed by atoms with van der Waals surface area (Å²) in [5, 5.41) is 8.99. The highest BCUT2D eigenvalue weighted by Gasteiger charge is 2.27. The van der Waals surface area contributed by atoms with Gasteiger partial charge in [-0.25, -0.2) is 12.7 Å². The highest BCUT2D eigenvalue weighted by Crippen LogP contribution is 2.20. The number of hydrogen-bond donors (Lipinski definition) is 1. The van der Waals surface area contributed by atoms with Gasteiger partial charge in [-0.15, -0.1) is 0 Å². The van der Waals surface area contributed by atoms with E-state index in [1.54, 1.807) is 31.3 Å². The minimum atomic E-state index is -3.44. The summed E-state index contributed by atoms with van der Waals surface area (Å²) in [5.74, 6) is 0.400. The summed E-state index contributed by atoms with van der Waals surface area (Å²) in [4.78, 5) is 2.50. The van der Waals surface area contributed by atoms with Gasteiger partial charge in [-0.1, -0.05) is 12.1 Å². The average molecular weight is 298 g/mol. The van der Waals surface area contributed by atoms with Gasteiger partial charge in [-0.3, -0.25) is 0 Å². The van der Waals surface area contributed by atoms with E-state index < -0.39 is 10.0 Å². The highest BCUT2D eigenvalue weighted by molar-refractivity contribution is 7.89. The lowest BCUT2D eigenvalue weighted by atomic mass is 10.1. The van der Waals surface area contributed by atoms with Crippen molar-refractivity contribution in [3.63, 3.8) is 0 Å². The molecule has 1 aliphatic rings. The Labute approximate surface area is 120 Å². The van der Waals surface area contributed by atoms with Crippen LogP contribution in [0.15, 0.2) is 29.2 Å². The minimum Gasteiger partial charge on any atom is -0.392 e. The summed E-state index contributed by atoms with van der Waals surface area (Å²) in [6.07, 6.45) is 1.04. The van der Waals surface area contributed by atoms with Gasteiger partial charge in [0.2, 0.25) is 10.0 Å². The second kappa shape index (κ2) is 6.22. The van der Waals surface area contributed by atoms with E-state index in [1.165, 1.54) is 4.31 Å². The van der Waals surface area contributed by atoms with Crippen molar-refractivity contribution in [1.29, 1.82) is 0 Å². The zero-order valence-electron chi connectivity index (χ0n) is 12.0. The zero-order valence-corrected chi connectivity index (χ0v) is 12.8. The molecule has 1 heterocycles. The molecule has 1 aliphatic heterocycles. The number of sulfonamides is 1. The van der Waals surface area contributed by atoms with Crippen LogP contribution in [0.2, 0.25) is 0 Å². The van der Waals surface area contributed by atoms with Crippen molar-refractivity contribution >= 4 is 10.0 Å². The number of rotatable bonds is 5. The van der Waals surface area contributed by atoms with E-state index in [4.69, 9.17) is 5.11 Å². The Morgan fingerprint density at radius 3 is 2.50 bits per heavy atom. The molecule has 1 N–H and O–H groups in total. The fraction of sp³-hybridized carbons (Fsp3) is 0.571. The van der Waals surface area contributed by atoms with Gasteiger partial charge in [0.1, 0.15) is 0 Å². The molecule has 1 aromatic rings. The predicted octanol–water partition coefficient (Wildman–Crippen LogP) is 0.751. The third kappa shape index (κ3) is 3.38. The first kappa shape index (κ1) is 15.4. The average Bonchev–Trinajstić information content (AvgIpc) is 2.84. The lowest BCUT2D eigenvalue weighted by Gasteiger charge is -2.21. The molecular weight excluding hydrogens is 276 g/mol. The molecule has 0 amide bonds. The number of likely N-dealkylation sites (tertiary alicyclic amines) is 1. The first-order valence-electron chi connectivity index (χ1n) is 6.78. The molecular formula is C14H22N2O3S. The second-order valence-corrected chi connectivity index (χ2v) is 7.55. The van der Waals surface area contributed by atoms with E-state index in [2.05, 4.69) is 11.9 Å². The molecule has 1 unspecified atom stereocenters. The van der Waals surface area contributed by atoms with Crippen LogP contribution in [0.3, 0.4) is 0 Å². The van der Waals surface area contributed by atoms with Crippen LogP contribution in [0, 0.1) is 5.92 Å². The summed E-state index contributed by atoms with van der Waals surface area (Å²) >= 11 is 0. The van der Waals surface area contributed by atoms with E-state index in [0.717, 1.165) is 19.5 Å². The molecule has 0 aromatic heterocycles. The number of benzene rings is 1. The summed E-state index contributed by atoms with van der Waals surface area (Å²) < 4.78 is 26.3. The maximum atomic E-state index is 12.5. The molecule has 112 valence electrons. The lowest BCUT2D eigenvalue weighted by Crippen LogP contribution is -2.32. The van der Waals surface area contributed by atoms with E-state index in [-0.39, 0.29) is 11.5 Å². The number of aliphatic hydroxyl groups excluding tert-OH is 1. The monoisotopic (exact) mass is 298 g/mol. The second-order valence-electron chi connectivity index (χ2n) is 5.50. The van der Waals surface area contributed by atoms with Gasteiger partial charge in [0, 0.05) is 20.1 Å². The van der Waals surface area contributed by atoms with Crippen molar-refractivity contribution in [2.45, 2.75) is 17.9 Å². The molecule has 0 spiro atoms. The van der Waals surface area contributed by atoms with Crippen molar-refractivity contribution in [1.82, 2.24) is 9.21 Å². The molecule has 0 radical (unpaired) electrons. The molecule has 1 saturated heterocycles. The van der Waals surface area contributed by atoms with Gasteiger partial charge >= 0.3 is 0 Å². The standard InChI is InChI=1S/C14H22N2O3S/c1-15-8-7-13(9-15)10-16(2)20(18,19)14-5-3-12(11-17)4-6-14/h3-6,13,17H,7-11H2,1-2H3. The highest BCUT2D eigenvalue weighted by atomic mass is 32.2. The van der Waals surface area contributed by atoms with Crippen LogP contribution in [-0.2, 0) is 16.6 Å². The van der Waals surface area contributed by atoms with Crippen LogP contribution < -0.4 is 0 Å². The van der Waals surface area contributed by atoms with E-state index in [1.807, 2.05) is 0 Å². The molecule has 1 fully saturated rings. The van der Waals surface area contributed by atoms with Crippen molar-refractivity contribution in [3.8, 4) is 0 Å². The first-order chi connectivity index (χ1) is 9.43. The molecule has 6 heteroatoms. The van der Waals surface area contributed by atoms with E-state index in [9.17, 15) is 8.42 Å². The Morgan fingerprint density at radius 1 is 1.35 bits per heavy atom. The summed E-state index contributed by atoms with van der Waals surface area (Å²) in [5.41, 5.74) is 0.712. The Hall–Kier alpha value is -0.950. The van der Waals surface area contributed by atoms with Crippen molar-refractivity contribution < 1.29 is 13.5 Å². The SMILES string of the molecule is CN1CCC(CN(C)S(=O)(=O)c2ccc(CO)cc2)C1. The normalized spacial score (nSPS) is 20.7. The number of nitrogens with zero attached hydrogens (tertiary/aromatic N) is 2. The zero-order chi connectivity index (χ0) is 14.8. The van der Waals surface area contributed by atoms with Crippen molar-refractivity contribution in [3.05, 3.63) is 29.8 Å². The fourth-order valence-corrected chi connectivity index (χ4v) is 3.83. The summed E-state index contributed by atoms with van der Waals surface area (Å²) in [6, 6.07) is 6.39. The van der Waals surface area contributed by atoms with Gasteiger partial charge in [0.15, 0.2) is 0 Å². The van der Waals surface area contributed by atoms with E-state index in [0.29, 0.717) is 18.0 Å². The maximum absolute atomic E-state index is 12.5. The molecule has 20 heavy (non-hydrogen) atoms. The largest absolute Gasteiger partial charge is 0.392 e. The number of aliphatic hydroxyl groups is 1. The van der Waals surface area contributed by atoms with E-state index >= 15 is 0 Å². The molecule has 2 rings (SSSR count). The molecule has 0 bridgehead atoms. The van der Waals surface area contributed by atoms with Crippen LogP contribution in [0.1, 0.15) is 12.0 Å². The van der Waals surface area contributed by atoms with Crippen molar-refractivity contribution in [2.24, 2.45) is 5.92 Å². The number of hydrogen-bond acceptors (Lipinski definition) is 4. The van der Waals surface area contributed by atoms with Gasteiger partial charge in [-0.05, 0) is 43.6 Å².